The molecule has 0 saturated heterocycles. The van der Waals surface area contributed by atoms with Gasteiger partial charge in [0.2, 0.25) is 0 Å². The Kier molecular flexibility index (Phi) is 45.5. The van der Waals surface area contributed by atoms with Crippen LogP contribution in [-0.2, 0) is 38.1 Å². The molecular formula is C50H92N2O10. The molecule has 0 rings (SSSR count). The summed E-state index contributed by atoms with van der Waals surface area (Å²) >= 11 is 0. The van der Waals surface area contributed by atoms with Crippen LogP contribution in [0.15, 0.2) is 24.3 Å². The quantitative estimate of drug-likeness (QED) is 0.0259. The van der Waals surface area contributed by atoms with Crippen LogP contribution in [0.4, 0.5) is 0 Å². The highest BCUT2D eigenvalue weighted by atomic mass is 16.5. The molecule has 0 aliphatic heterocycles. The van der Waals surface area contributed by atoms with Gasteiger partial charge >= 0.3 is 23.9 Å². The molecule has 0 saturated carbocycles. The van der Waals surface area contributed by atoms with Crippen molar-refractivity contribution < 1.29 is 48.3 Å². The highest BCUT2D eigenvalue weighted by molar-refractivity contribution is 5.82. The van der Waals surface area contributed by atoms with Gasteiger partial charge in [-0.1, -0.05) is 154 Å². The Bertz CT molecular complexity index is 1100. The molecule has 12 heteroatoms. The summed E-state index contributed by atoms with van der Waals surface area (Å²) in [5.74, 6) is -3.32. The molecule has 0 fully saturated rings. The van der Waals surface area contributed by atoms with Crippen LogP contribution in [0, 0.1) is 0 Å². The number of nitrogens with one attached hydrogen (secondary N) is 2. The van der Waals surface area contributed by atoms with Gasteiger partial charge in [-0.15, -0.1) is 0 Å². The lowest BCUT2D eigenvalue weighted by Crippen LogP contribution is -2.42. The van der Waals surface area contributed by atoms with Crippen LogP contribution >= 0.6 is 0 Å². The molecule has 2 atom stereocenters. The van der Waals surface area contributed by atoms with E-state index in [9.17, 15) is 19.2 Å². The Morgan fingerprint density at radius 2 is 0.806 bits per heavy atom. The first kappa shape index (κ1) is 59.2. The number of carboxylic acid groups (broad SMARTS) is 2. The third-order valence-corrected chi connectivity index (χ3v) is 10.8. The van der Waals surface area contributed by atoms with Crippen molar-refractivity contribution in [3.63, 3.8) is 0 Å². The molecule has 62 heavy (non-hydrogen) atoms. The minimum Gasteiger partial charge on any atom is -0.481 e. The molecule has 0 spiro atoms. The fourth-order valence-electron chi connectivity index (χ4n) is 6.98. The molecule has 0 aliphatic carbocycles. The summed E-state index contributed by atoms with van der Waals surface area (Å²) in [6.45, 7) is 6.63. The second-order valence-corrected chi connectivity index (χ2v) is 16.6. The monoisotopic (exact) mass is 881 g/mol. The number of esters is 2. The molecule has 0 aromatic rings. The van der Waals surface area contributed by atoms with Crippen LogP contribution < -0.4 is 10.6 Å². The number of ether oxygens (including phenoxy) is 4. The topological polar surface area (TPSA) is 170 Å². The van der Waals surface area contributed by atoms with Crippen molar-refractivity contribution in [2.24, 2.45) is 0 Å². The van der Waals surface area contributed by atoms with E-state index in [-0.39, 0.29) is 39.4 Å². The van der Waals surface area contributed by atoms with Crippen molar-refractivity contribution in [2.75, 3.05) is 52.7 Å². The van der Waals surface area contributed by atoms with Crippen molar-refractivity contribution in [3.05, 3.63) is 24.3 Å². The number of carboxylic acids is 2. The van der Waals surface area contributed by atoms with Crippen LogP contribution in [0.1, 0.15) is 206 Å². The third kappa shape index (κ3) is 43.8. The van der Waals surface area contributed by atoms with Gasteiger partial charge in [-0.05, 0) is 64.2 Å². The number of unbranched alkanes of at least 4 members (excludes halogenated alkanes) is 24. The largest absolute Gasteiger partial charge is 0.481 e. The molecule has 12 nitrogen and oxygen atoms in total. The standard InChI is InChI=1S/C50H92N2O10/c1-3-5-7-9-11-13-15-17-19-21-23-25-27-29-31-33-37-61-48(55)44-46(52-36-40-60-42-41-59-39-35-51-45(49(56)57)43-47(53)54)50(58)62-38-34-32-30-28-26-24-22-20-18-16-14-12-10-8-6-4-2/h17-20,45-46,51-52H,3-16,21-44H2,1-2H3,(H,53,54)(H,56,57)/b19-17-,20-18-. The van der Waals surface area contributed by atoms with Gasteiger partial charge in [0, 0.05) is 13.1 Å². The van der Waals surface area contributed by atoms with Gasteiger partial charge in [-0.3, -0.25) is 19.2 Å². The van der Waals surface area contributed by atoms with E-state index in [1.54, 1.807) is 0 Å². The summed E-state index contributed by atoms with van der Waals surface area (Å²) in [4.78, 5) is 47.7. The van der Waals surface area contributed by atoms with Crippen LogP contribution in [0.25, 0.3) is 0 Å². The molecule has 4 N–H and O–H groups in total. The van der Waals surface area contributed by atoms with E-state index in [0.29, 0.717) is 19.8 Å². The summed E-state index contributed by atoms with van der Waals surface area (Å²) in [6, 6.07) is -2.02. The maximum Gasteiger partial charge on any atom is 0.323 e. The fourth-order valence-corrected chi connectivity index (χ4v) is 6.98. The lowest BCUT2D eigenvalue weighted by Gasteiger charge is -2.17. The van der Waals surface area contributed by atoms with E-state index in [1.165, 1.54) is 128 Å². The van der Waals surface area contributed by atoms with Crippen LogP contribution in [-0.4, -0.2) is 98.9 Å². The minimum atomic E-state index is -1.23. The molecule has 0 bridgehead atoms. The predicted molar refractivity (Wildman–Crippen MR) is 251 cm³/mol. The second-order valence-electron chi connectivity index (χ2n) is 16.6. The van der Waals surface area contributed by atoms with Crippen molar-refractivity contribution in [1.29, 1.82) is 0 Å². The zero-order valence-electron chi connectivity index (χ0n) is 39.5. The normalized spacial score (nSPS) is 12.6. The highest BCUT2D eigenvalue weighted by Crippen LogP contribution is 2.12. The van der Waals surface area contributed by atoms with Gasteiger partial charge in [-0.25, -0.2) is 0 Å². The van der Waals surface area contributed by atoms with Crippen molar-refractivity contribution in [3.8, 4) is 0 Å². The van der Waals surface area contributed by atoms with Gasteiger partial charge in [0.1, 0.15) is 12.1 Å². The van der Waals surface area contributed by atoms with E-state index in [0.717, 1.165) is 51.4 Å². The number of allylic oxidation sites excluding steroid dienone is 4. The van der Waals surface area contributed by atoms with Crippen molar-refractivity contribution in [1.82, 2.24) is 10.6 Å². The Morgan fingerprint density at radius 1 is 0.435 bits per heavy atom. The highest BCUT2D eigenvalue weighted by Gasteiger charge is 2.24. The molecule has 2 unspecified atom stereocenters. The van der Waals surface area contributed by atoms with Crippen LogP contribution in [0.2, 0.25) is 0 Å². The smallest absolute Gasteiger partial charge is 0.323 e. The minimum absolute atomic E-state index is 0.117. The molecule has 0 aromatic heterocycles. The Morgan fingerprint density at radius 3 is 1.21 bits per heavy atom. The molecule has 362 valence electrons. The van der Waals surface area contributed by atoms with E-state index in [4.69, 9.17) is 29.2 Å². The fraction of sp³-hybridized carbons (Fsp3) is 0.840. The zero-order valence-corrected chi connectivity index (χ0v) is 39.5. The molecule has 0 aromatic carbocycles. The Hall–Kier alpha value is -2.80. The van der Waals surface area contributed by atoms with Crippen LogP contribution in [0.5, 0.6) is 0 Å². The number of carbonyl (C=O) groups is 4. The molecule has 0 amide bonds. The molecular weight excluding hydrogens is 789 g/mol. The first-order valence-corrected chi connectivity index (χ1v) is 25.0. The van der Waals surface area contributed by atoms with Gasteiger partial charge in [0.25, 0.3) is 0 Å². The summed E-state index contributed by atoms with van der Waals surface area (Å²) < 4.78 is 22.1. The summed E-state index contributed by atoms with van der Waals surface area (Å²) in [5.41, 5.74) is 0. The number of rotatable bonds is 49. The SMILES string of the molecule is CCCCCCCC/C=C\CCCCCCCCOC(=O)CC(NCCOCCOCCNC(CC(=O)O)C(=O)O)C(=O)OCCCCCCCC/C=C\CCCCCCCC. The lowest BCUT2D eigenvalue weighted by molar-refractivity contribution is -0.153. The van der Waals surface area contributed by atoms with Gasteiger partial charge < -0.3 is 39.8 Å². The van der Waals surface area contributed by atoms with E-state index in [1.807, 2.05) is 0 Å². The first-order chi connectivity index (χ1) is 30.3. The average Bonchev–Trinajstić information content (AvgIpc) is 3.25. The number of hydrogen-bond donors (Lipinski definition) is 4. The Balaban J connectivity index is 4.36. The number of aliphatic carboxylic acids is 2. The zero-order chi connectivity index (χ0) is 45.4. The van der Waals surface area contributed by atoms with E-state index in [2.05, 4.69) is 48.8 Å². The summed E-state index contributed by atoms with van der Waals surface area (Å²) in [5, 5.41) is 23.7. The maximum absolute atomic E-state index is 13.0. The average molecular weight is 881 g/mol. The van der Waals surface area contributed by atoms with Crippen molar-refractivity contribution >= 4 is 23.9 Å². The van der Waals surface area contributed by atoms with Crippen LogP contribution in [0.3, 0.4) is 0 Å². The van der Waals surface area contributed by atoms with Gasteiger partial charge in [-0.2, -0.15) is 0 Å². The molecule has 0 aliphatic rings. The summed E-state index contributed by atoms with van der Waals surface area (Å²) in [6.07, 6.45) is 42.5. The van der Waals surface area contributed by atoms with E-state index < -0.39 is 42.4 Å². The number of carbonyl (C=O) groups excluding carboxylic acids is 2. The second kappa shape index (κ2) is 47.7. The lowest BCUT2D eigenvalue weighted by atomic mass is 10.1. The van der Waals surface area contributed by atoms with E-state index >= 15 is 0 Å². The predicted octanol–water partition coefficient (Wildman–Crippen LogP) is 11.0. The number of hydrogen-bond acceptors (Lipinski definition) is 10. The maximum atomic E-state index is 13.0. The molecule has 0 heterocycles. The third-order valence-electron chi connectivity index (χ3n) is 10.8. The van der Waals surface area contributed by atoms with Gasteiger partial charge in [0.15, 0.2) is 0 Å². The van der Waals surface area contributed by atoms with Gasteiger partial charge in [0.05, 0.1) is 52.5 Å². The first-order valence-electron chi connectivity index (χ1n) is 25.0. The van der Waals surface area contributed by atoms with Crippen molar-refractivity contribution in [2.45, 2.75) is 219 Å². The molecule has 0 radical (unpaired) electrons. The summed E-state index contributed by atoms with van der Waals surface area (Å²) in [7, 11) is 0. The Labute approximate surface area is 377 Å².